The maximum absolute atomic E-state index is 12.7. The van der Waals surface area contributed by atoms with Crippen LogP contribution in [0.3, 0.4) is 0 Å². The van der Waals surface area contributed by atoms with Crippen LogP contribution in [-0.2, 0) is 14.3 Å². The highest BCUT2D eigenvalue weighted by Crippen LogP contribution is 2.35. The molecule has 2 N–H and O–H groups in total. The summed E-state index contributed by atoms with van der Waals surface area (Å²) < 4.78 is 5.09. The highest BCUT2D eigenvalue weighted by Gasteiger charge is 2.35. The molecule has 0 fully saturated rings. The lowest BCUT2D eigenvalue weighted by molar-refractivity contribution is -0.136. The van der Waals surface area contributed by atoms with E-state index in [1.54, 1.807) is 12.1 Å². The Balaban J connectivity index is 2.07. The van der Waals surface area contributed by atoms with Crippen LogP contribution in [0, 0.1) is 13.8 Å². The summed E-state index contributed by atoms with van der Waals surface area (Å²) in [7, 11) is 1.37. The van der Waals surface area contributed by atoms with Crippen LogP contribution in [0.15, 0.2) is 53.7 Å². The molecule has 1 atom stereocenters. The third-order valence-electron chi connectivity index (χ3n) is 4.92. The van der Waals surface area contributed by atoms with E-state index in [2.05, 4.69) is 16.7 Å². The zero-order valence-electron chi connectivity index (χ0n) is 17.7. The normalized spacial score (nSPS) is 16.2. The van der Waals surface area contributed by atoms with Crippen molar-refractivity contribution >= 4 is 40.6 Å². The van der Waals surface area contributed by atoms with E-state index in [0.29, 0.717) is 22.1 Å². The summed E-state index contributed by atoms with van der Waals surface area (Å²) in [5, 5.41) is 6.53. The molecular formula is C23H25N3O3S. The number of nitrogens with zero attached hydrogens (tertiary/aromatic N) is 1. The Hall–Kier alpha value is -3.19. The van der Waals surface area contributed by atoms with Crippen LogP contribution in [-0.4, -0.2) is 24.1 Å². The molecule has 2 aromatic rings. The van der Waals surface area contributed by atoms with Crippen LogP contribution < -0.4 is 15.5 Å². The number of benzene rings is 2. The minimum absolute atomic E-state index is 0.144. The first kappa shape index (κ1) is 21.5. The first-order valence-corrected chi connectivity index (χ1v) is 9.97. The molecule has 0 bridgehead atoms. The molecule has 0 aliphatic carbocycles. The van der Waals surface area contributed by atoms with Gasteiger partial charge in [0, 0.05) is 24.0 Å². The largest absolute Gasteiger partial charge is 0.466 e. The fraction of sp³-hybridized carbons (Fsp3) is 0.261. The van der Waals surface area contributed by atoms with Crippen LogP contribution in [0.1, 0.15) is 36.6 Å². The number of amides is 1. The predicted molar refractivity (Wildman–Crippen MR) is 122 cm³/mol. The van der Waals surface area contributed by atoms with E-state index >= 15 is 0 Å². The molecule has 156 valence electrons. The zero-order valence-corrected chi connectivity index (χ0v) is 18.5. The van der Waals surface area contributed by atoms with Crippen molar-refractivity contribution in [1.82, 2.24) is 5.32 Å². The van der Waals surface area contributed by atoms with E-state index in [1.165, 1.54) is 14.0 Å². The molecule has 0 saturated carbocycles. The van der Waals surface area contributed by atoms with Gasteiger partial charge in [-0.25, -0.2) is 4.79 Å². The fourth-order valence-electron chi connectivity index (χ4n) is 3.72. The quantitative estimate of drug-likeness (QED) is 0.569. The second kappa shape index (κ2) is 8.67. The number of carbonyl (C=O) groups is 2. The fourth-order valence-corrected chi connectivity index (χ4v) is 4.08. The summed E-state index contributed by atoms with van der Waals surface area (Å²) in [5.41, 5.74) is 5.83. The van der Waals surface area contributed by atoms with E-state index in [-0.39, 0.29) is 5.91 Å². The summed E-state index contributed by atoms with van der Waals surface area (Å²) in [4.78, 5) is 25.9. The second-order valence-electron chi connectivity index (χ2n) is 7.36. The summed E-state index contributed by atoms with van der Waals surface area (Å²) in [5.74, 6) is -0.567. The van der Waals surface area contributed by atoms with Crippen LogP contribution in [0.5, 0.6) is 0 Å². The number of hydrogen-bond acceptors (Lipinski definition) is 4. The van der Waals surface area contributed by atoms with E-state index in [4.69, 9.17) is 17.0 Å². The topological polar surface area (TPSA) is 70.7 Å². The van der Waals surface area contributed by atoms with Gasteiger partial charge in [-0.15, -0.1) is 0 Å². The van der Waals surface area contributed by atoms with Gasteiger partial charge in [0.25, 0.3) is 0 Å². The molecule has 0 aromatic heterocycles. The Kier molecular flexibility index (Phi) is 6.22. The SMILES string of the molecule is COC(=O)C1=C(C)N(c2cc(C)cc(C)c2)C(=S)NC1c1ccc(NC(C)=O)cc1. The standard InChI is InChI=1S/C23H25N3O3S/c1-13-10-14(2)12-19(11-13)26-15(3)20(22(28)29-5)21(25-23(26)30)17-6-8-18(9-7-17)24-16(4)27/h6-12,21H,1-5H3,(H,24,27)(H,25,30). The number of nitrogens with one attached hydrogen (secondary N) is 2. The van der Waals surface area contributed by atoms with Gasteiger partial charge < -0.3 is 15.4 Å². The number of anilines is 2. The highest BCUT2D eigenvalue weighted by molar-refractivity contribution is 7.80. The van der Waals surface area contributed by atoms with Gasteiger partial charge in [0.15, 0.2) is 5.11 Å². The number of methoxy groups -OCH3 is 1. The Labute approximate surface area is 181 Å². The van der Waals surface area contributed by atoms with Crippen LogP contribution in [0.2, 0.25) is 0 Å². The van der Waals surface area contributed by atoms with E-state index < -0.39 is 12.0 Å². The smallest absolute Gasteiger partial charge is 0.337 e. The number of esters is 1. The lowest BCUT2D eigenvalue weighted by atomic mass is 9.94. The van der Waals surface area contributed by atoms with Gasteiger partial charge in [0.05, 0.1) is 18.7 Å². The van der Waals surface area contributed by atoms with E-state index in [0.717, 1.165) is 22.4 Å². The highest BCUT2D eigenvalue weighted by atomic mass is 32.1. The predicted octanol–water partition coefficient (Wildman–Crippen LogP) is 4.14. The number of carbonyl (C=O) groups excluding carboxylic acids is 2. The Morgan fingerprint density at radius 3 is 2.20 bits per heavy atom. The van der Waals surface area contributed by atoms with Gasteiger partial charge in [0.2, 0.25) is 5.91 Å². The minimum atomic E-state index is -0.460. The molecule has 7 heteroatoms. The molecule has 1 heterocycles. The molecule has 1 amide bonds. The Bertz CT molecular complexity index is 1020. The summed E-state index contributed by atoms with van der Waals surface area (Å²) in [6.45, 7) is 7.38. The summed E-state index contributed by atoms with van der Waals surface area (Å²) in [6.07, 6.45) is 0. The van der Waals surface area contributed by atoms with Crippen LogP contribution in [0.25, 0.3) is 0 Å². The van der Waals surface area contributed by atoms with Crippen molar-refractivity contribution in [1.29, 1.82) is 0 Å². The lowest BCUT2D eigenvalue weighted by Crippen LogP contribution is -2.48. The van der Waals surface area contributed by atoms with Crippen molar-refractivity contribution < 1.29 is 14.3 Å². The van der Waals surface area contributed by atoms with Crippen molar-refractivity contribution in [3.63, 3.8) is 0 Å². The average Bonchev–Trinajstić information content (AvgIpc) is 2.66. The molecule has 3 rings (SSSR count). The Morgan fingerprint density at radius 2 is 1.67 bits per heavy atom. The van der Waals surface area contributed by atoms with E-state index in [9.17, 15) is 9.59 Å². The zero-order chi connectivity index (χ0) is 22.0. The van der Waals surface area contributed by atoms with Crippen molar-refractivity contribution in [2.45, 2.75) is 33.7 Å². The second-order valence-corrected chi connectivity index (χ2v) is 7.74. The molecule has 1 aliphatic rings. The maximum atomic E-state index is 12.7. The van der Waals surface area contributed by atoms with E-state index in [1.807, 2.05) is 49.9 Å². The number of aryl methyl sites for hydroxylation is 2. The number of allylic oxidation sites excluding steroid dienone is 1. The van der Waals surface area contributed by atoms with Gasteiger partial charge in [0.1, 0.15) is 0 Å². The minimum Gasteiger partial charge on any atom is -0.466 e. The van der Waals surface area contributed by atoms with Crippen molar-refractivity contribution in [2.24, 2.45) is 0 Å². The maximum Gasteiger partial charge on any atom is 0.337 e. The van der Waals surface area contributed by atoms with Gasteiger partial charge >= 0.3 is 5.97 Å². The number of thiocarbonyl (C=S) groups is 1. The number of hydrogen-bond donors (Lipinski definition) is 2. The molecule has 6 nitrogen and oxygen atoms in total. The summed E-state index contributed by atoms with van der Waals surface area (Å²) >= 11 is 5.68. The van der Waals surface area contributed by atoms with Crippen LogP contribution in [0.4, 0.5) is 11.4 Å². The Morgan fingerprint density at radius 1 is 1.07 bits per heavy atom. The molecule has 1 aliphatic heterocycles. The number of ether oxygens (including phenoxy) is 1. The van der Waals surface area contributed by atoms with Crippen LogP contribution >= 0.6 is 12.2 Å². The molecule has 0 spiro atoms. The van der Waals surface area contributed by atoms with Crippen molar-refractivity contribution in [3.8, 4) is 0 Å². The molecule has 1 unspecified atom stereocenters. The molecular weight excluding hydrogens is 398 g/mol. The molecule has 0 radical (unpaired) electrons. The van der Waals surface area contributed by atoms with Crippen molar-refractivity contribution in [2.75, 3.05) is 17.3 Å². The molecule has 0 saturated heterocycles. The first-order chi connectivity index (χ1) is 14.2. The van der Waals surface area contributed by atoms with Gasteiger partial charge in [-0.2, -0.15) is 0 Å². The lowest BCUT2D eigenvalue weighted by Gasteiger charge is -2.37. The average molecular weight is 424 g/mol. The molecule has 2 aromatic carbocycles. The third-order valence-corrected chi connectivity index (χ3v) is 5.22. The van der Waals surface area contributed by atoms with Gasteiger partial charge in [-0.05, 0) is 73.9 Å². The monoisotopic (exact) mass is 423 g/mol. The molecule has 30 heavy (non-hydrogen) atoms. The van der Waals surface area contributed by atoms with Gasteiger partial charge in [-0.3, -0.25) is 9.69 Å². The summed E-state index contributed by atoms with van der Waals surface area (Å²) in [6, 6.07) is 13.0. The number of rotatable bonds is 4. The first-order valence-electron chi connectivity index (χ1n) is 9.57. The van der Waals surface area contributed by atoms with Gasteiger partial charge in [-0.1, -0.05) is 18.2 Å². The van der Waals surface area contributed by atoms with Crippen molar-refractivity contribution in [3.05, 3.63) is 70.4 Å². The third kappa shape index (κ3) is 4.36.